The molecular weight excluding hydrogens is 320 g/mol. The third-order valence-electron chi connectivity index (χ3n) is 3.95. The van der Waals surface area contributed by atoms with Gasteiger partial charge in [-0.2, -0.15) is 0 Å². The van der Waals surface area contributed by atoms with E-state index in [-0.39, 0.29) is 17.6 Å². The van der Waals surface area contributed by atoms with E-state index in [2.05, 4.69) is 10.3 Å². The standard InChI is InChI=1S/C19H18N2O4/c1-25-16-4-2-3-14-17(16)20-11-15(18(14)23)19(24)21-13-7-5-12(6-8-13)9-10-22/h2-8,11,22H,9-10H2,1H3,(H,20,23)(H,21,24). The lowest BCUT2D eigenvalue weighted by atomic mass is 10.1. The number of aliphatic hydroxyl groups excluding tert-OH is 1. The Morgan fingerprint density at radius 2 is 1.96 bits per heavy atom. The topological polar surface area (TPSA) is 91.4 Å². The first-order chi connectivity index (χ1) is 12.1. The molecule has 1 heterocycles. The van der Waals surface area contributed by atoms with Crippen LogP contribution in [0.15, 0.2) is 53.5 Å². The molecule has 0 bridgehead atoms. The summed E-state index contributed by atoms with van der Waals surface area (Å²) in [7, 11) is 1.52. The molecule has 6 nitrogen and oxygen atoms in total. The molecule has 3 aromatic rings. The van der Waals surface area contributed by atoms with E-state index < -0.39 is 5.91 Å². The summed E-state index contributed by atoms with van der Waals surface area (Å²) in [5.41, 5.74) is 1.77. The number of nitrogens with one attached hydrogen (secondary N) is 2. The molecular formula is C19H18N2O4. The summed E-state index contributed by atoms with van der Waals surface area (Å²) < 4.78 is 5.22. The molecule has 0 unspecified atom stereocenters. The molecule has 0 spiro atoms. The minimum absolute atomic E-state index is 0.0280. The fraction of sp³-hybridized carbons (Fsp3) is 0.158. The summed E-state index contributed by atoms with van der Waals surface area (Å²) in [6.07, 6.45) is 1.95. The Morgan fingerprint density at radius 1 is 1.20 bits per heavy atom. The molecule has 25 heavy (non-hydrogen) atoms. The molecule has 1 amide bonds. The van der Waals surface area contributed by atoms with Gasteiger partial charge in [-0.05, 0) is 36.2 Å². The molecule has 0 aliphatic heterocycles. The lowest BCUT2D eigenvalue weighted by molar-refractivity contribution is 0.102. The van der Waals surface area contributed by atoms with Crippen molar-refractivity contribution in [2.45, 2.75) is 6.42 Å². The maximum absolute atomic E-state index is 12.6. The quantitative estimate of drug-likeness (QED) is 0.666. The second-order valence-corrected chi connectivity index (χ2v) is 5.54. The number of hydrogen-bond donors (Lipinski definition) is 3. The van der Waals surface area contributed by atoms with Crippen LogP contribution in [0.1, 0.15) is 15.9 Å². The number of anilines is 1. The minimum Gasteiger partial charge on any atom is -0.495 e. The van der Waals surface area contributed by atoms with E-state index in [1.165, 1.54) is 13.3 Å². The van der Waals surface area contributed by atoms with E-state index in [4.69, 9.17) is 9.84 Å². The van der Waals surface area contributed by atoms with Crippen molar-refractivity contribution in [2.75, 3.05) is 19.0 Å². The summed E-state index contributed by atoms with van der Waals surface area (Å²) in [6.45, 7) is 0.0711. The van der Waals surface area contributed by atoms with Gasteiger partial charge in [-0.3, -0.25) is 9.59 Å². The number of aromatic amines is 1. The molecule has 128 valence electrons. The normalized spacial score (nSPS) is 10.6. The summed E-state index contributed by atoms with van der Waals surface area (Å²) in [5.74, 6) is 0.0573. The second kappa shape index (κ2) is 7.19. The molecule has 0 radical (unpaired) electrons. The van der Waals surface area contributed by atoms with Gasteiger partial charge in [-0.25, -0.2) is 0 Å². The lowest BCUT2D eigenvalue weighted by Crippen LogP contribution is -2.22. The van der Waals surface area contributed by atoms with Crippen molar-refractivity contribution in [3.8, 4) is 5.75 Å². The van der Waals surface area contributed by atoms with E-state index >= 15 is 0 Å². The first kappa shape index (κ1) is 16.7. The van der Waals surface area contributed by atoms with Gasteiger partial charge in [0.15, 0.2) is 0 Å². The van der Waals surface area contributed by atoms with Gasteiger partial charge in [-0.15, -0.1) is 0 Å². The van der Waals surface area contributed by atoms with Gasteiger partial charge in [0.05, 0.1) is 18.0 Å². The van der Waals surface area contributed by atoms with Gasteiger partial charge in [-0.1, -0.05) is 18.2 Å². The number of carbonyl (C=O) groups excluding carboxylic acids is 1. The summed E-state index contributed by atoms with van der Waals surface area (Å²) in [5, 5.41) is 12.0. The zero-order chi connectivity index (χ0) is 17.8. The number of methoxy groups -OCH3 is 1. The average Bonchev–Trinajstić information content (AvgIpc) is 2.63. The monoisotopic (exact) mass is 338 g/mol. The van der Waals surface area contributed by atoms with Gasteiger partial charge < -0.3 is 20.1 Å². The number of benzene rings is 2. The number of aliphatic hydroxyl groups is 1. The number of amides is 1. The maximum atomic E-state index is 12.6. The smallest absolute Gasteiger partial charge is 0.261 e. The number of hydrogen-bond acceptors (Lipinski definition) is 4. The maximum Gasteiger partial charge on any atom is 0.261 e. The van der Waals surface area contributed by atoms with Crippen molar-refractivity contribution in [3.63, 3.8) is 0 Å². The Kier molecular flexibility index (Phi) is 4.81. The highest BCUT2D eigenvalue weighted by Crippen LogP contribution is 2.21. The number of pyridine rings is 1. The number of ether oxygens (including phenoxy) is 1. The largest absolute Gasteiger partial charge is 0.495 e. The van der Waals surface area contributed by atoms with Gasteiger partial charge >= 0.3 is 0 Å². The highest BCUT2D eigenvalue weighted by molar-refractivity contribution is 6.06. The lowest BCUT2D eigenvalue weighted by Gasteiger charge is -2.08. The third kappa shape index (κ3) is 3.39. The van der Waals surface area contributed by atoms with E-state index in [0.717, 1.165) is 5.56 Å². The van der Waals surface area contributed by atoms with Crippen molar-refractivity contribution >= 4 is 22.5 Å². The molecule has 0 saturated heterocycles. The van der Waals surface area contributed by atoms with Crippen molar-refractivity contribution < 1.29 is 14.6 Å². The van der Waals surface area contributed by atoms with Gasteiger partial charge in [0.25, 0.3) is 5.91 Å². The third-order valence-corrected chi connectivity index (χ3v) is 3.95. The Balaban J connectivity index is 1.89. The molecule has 0 aliphatic rings. The molecule has 1 aromatic heterocycles. The Labute approximate surface area is 144 Å². The number of fused-ring (bicyclic) bond motifs is 1. The van der Waals surface area contributed by atoms with Crippen molar-refractivity contribution in [3.05, 3.63) is 70.0 Å². The van der Waals surface area contributed by atoms with Crippen LogP contribution in [0, 0.1) is 0 Å². The van der Waals surface area contributed by atoms with E-state index in [0.29, 0.717) is 28.8 Å². The SMILES string of the molecule is COc1cccc2c(=O)c(C(=O)Nc3ccc(CCO)cc3)c[nH]c12. The van der Waals surface area contributed by atoms with Crippen molar-refractivity contribution in [2.24, 2.45) is 0 Å². The van der Waals surface area contributed by atoms with Crippen LogP contribution in [0.4, 0.5) is 5.69 Å². The zero-order valence-corrected chi connectivity index (χ0v) is 13.7. The molecule has 0 aliphatic carbocycles. The predicted molar refractivity (Wildman–Crippen MR) is 96.3 cm³/mol. The second-order valence-electron chi connectivity index (χ2n) is 5.54. The Morgan fingerprint density at radius 3 is 2.64 bits per heavy atom. The van der Waals surface area contributed by atoms with Gasteiger partial charge in [0.1, 0.15) is 11.3 Å². The Bertz CT molecular complexity index is 961. The molecule has 3 N–H and O–H groups in total. The van der Waals surface area contributed by atoms with Crippen LogP contribution in [-0.4, -0.2) is 29.7 Å². The Hall–Kier alpha value is -3.12. The molecule has 6 heteroatoms. The number of H-pyrrole nitrogens is 1. The van der Waals surface area contributed by atoms with Crippen LogP contribution in [0.2, 0.25) is 0 Å². The predicted octanol–water partition coefficient (Wildman–Crippen LogP) is 2.32. The van der Waals surface area contributed by atoms with Crippen molar-refractivity contribution in [1.82, 2.24) is 4.98 Å². The molecule has 0 saturated carbocycles. The number of rotatable bonds is 5. The molecule has 0 fully saturated rings. The highest BCUT2D eigenvalue weighted by atomic mass is 16.5. The van der Waals surface area contributed by atoms with Crippen LogP contribution < -0.4 is 15.5 Å². The summed E-state index contributed by atoms with van der Waals surface area (Å²) >= 11 is 0. The first-order valence-corrected chi connectivity index (χ1v) is 7.83. The van der Waals surface area contributed by atoms with E-state index in [1.807, 2.05) is 12.1 Å². The number of aromatic nitrogens is 1. The fourth-order valence-corrected chi connectivity index (χ4v) is 2.65. The highest BCUT2D eigenvalue weighted by Gasteiger charge is 2.14. The van der Waals surface area contributed by atoms with Crippen LogP contribution in [-0.2, 0) is 6.42 Å². The van der Waals surface area contributed by atoms with E-state index in [9.17, 15) is 9.59 Å². The van der Waals surface area contributed by atoms with Crippen LogP contribution in [0.5, 0.6) is 5.75 Å². The van der Waals surface area contributed by atoms with Crippen LogP contribution >= 0.6 is 0 Å². The fourth-order valence-electron chi connectivity index (χ4n) is 2.65. The molecule has 3 rings (SSSR count). The average molecular weight is 338 g/mol. The summed E-state index contributed by atoms with van der Waals surface area (Å²) in [6, 6.07) is 12.2. The van der Waals surface area contributed by atoms with Crippen molar-refractivity contribution in [1.29, 1.82) is 0 Å². The first-order valence-electron chi connectivity index (χ1n) is 7.83. The minimum atomic E-state index is -0.485. The van der Waals surface area contributed by atoms with Crippen LogP contribution in [0.3, 0.4) is 0 Å². The summed E-state index contributed by atoms with van der Waals surface area (Å²) in [4.78, 5) is 28.0. The molecule has 0 atom stereocenters. The van der Waals surface area contributed by atoms with Gasteiger partial charge in [0, 0.05) is 18.5 Å². The van der Waals surface area contributed by atoms with Gasteiger partial charge in [0.2, 0.25) is 5.43 Å². The number of carbonyl (C=O) groups is 1. The van der Waals surface area contributed by atoms with E-state index in [1.54, 1.807) is 30.3 Å². The zero-order valence-electron chi connectivity index (χ0n) is 13.7. The van der Waals surface area contributed by atoms with Crippen LogP contribution in [0.25, 0.3) is 10.9 Å². The number of para-hydroxylation sites is 1. The molecule has 2 aromatic carbocycles.